The van der Waals surface area contributed by atoms with Crippen LogP contribution in [0.4, 0.5) is 0 Å². The molecular weight excluding hydrogens is 198 g/mol. The zero-order valence-corrected chi connectivity index (χ0v) is 9.80. The van der Waals surface area contributed by atoms with E-state index >= 15 is 0 Å². The largest absolute Gasteiger partial charge is 0.315 e. The maximum atomic E-state index is 4.17. The summed E-state index contributed by atoms with van der Waals surface area (Å²) in [6.45, 7) is 4.30. The van der Waals surface area contributed by atoms with Crippen LogP contribution >= 0.6 is 0 Å². The van der Waals surface area contributed by atoms with Crippen LogP contribution in [0.3, 0.4) is 0 Å². The highest BCUT2D eigenvalue weighted by Gasteiger charge is 2.06. The Morgan fingerprint density at radius 3 is 2.56 bits per heavy atom. The summed E-state index contributed by atoms with van der Waals surface area (Å²) in [6, 6.07) is 10.9. The van der Waals surface area contributed by atoms with Gasteiger partial charge in [-0.25, -0.2) is 0 Å². The van der Waals surface area contributed by atoms with Crippen LogP contribution < -0.4 is 0 Å². The van der Waals surface area contributed by atoms with Crippen molar-refractivity contribution < 1.29 is 0 Å². The van der Waals surface area contributed by atoms with E-state index in [0.717, 1.165) is 18.7 Å². The topological polar surface area (TPSA) is 30.7 Å². The molecule has 2 rings (SSSR count). The maximum Gasteiger partial charge on any atom is 0.133 e. The molecular formula is C13H17N3. The summed E-state index contributed by atoms with van der Waals surface area (Å²) in [6.07, 6.45) is 3.78. The minimum Gasteiger partial charge on any atom is -0.315 e. The first-order valence-corrected chi connectivity index (χ1v) is 5.69. The maximum absolute atomic E-state index is 4.17. The van der Waals surface area contributed by atoms with E-state index in [-0.39, 0.29) is 0 Å². The second-order valence-electron chi connectivity index (χ2n) is 4.23. The third kappa shape index (κ3) is 2.48. The number of rotatable bonds is 4. The van der Waals surface area contributed by atoms with Gasteiger partial charge >= 0.3 is 0 Å². The summed E-state index contributed by atoms with van der Waals surface area (Å²) in [5.74, 6) is 1.07. The molecule has 16 heavy (non-hydrogen) atoms. The van der Waals surface area contributed by atoms with Gasteiger partial charge in [-0.3, -0.25) is 0 Å². The number of hydrogen-bond acceptors (Lipinski definition) is 2. The molecule has 2 aromatic rings. The summed E-state index contributed by atoms with van der Waals surface area (Å²) in [7, 11) is 0. The van der Waals surface area contributed by atoms with E-state index in [1.807, 2.05) is 12.4 Å². The lowest BCUT2D eigenvalue weighted by atomic mass is 10.1. The fourth-order valence-corrected chi connectivity index (χ4v) is 1.78. The van der Waals surface area contributed by atoms with E-state index in [2.05, 4.69) is 52.9 Å². The molecule has 84 valence electrons. The molecule has 0 unspecified atom stereocenters. The number of benzene rings is 1. The molecule has 1 heterocycles. The Kier molecular flexibility index (Phi) is 3.34. The predicted molar refractivity (Wildman–Crippen MR) is 64.3 cm³/mol. The lowest BCUT2D eigenvalue weighted by Crippen LogP contribution is -2.06. The van der Waals surface area contributed by atoms with E-state index < -0.39 is 0 Å². The SMILES string of the molecule is CC(C)n1cnnc1CCc1ccccc1. The van der Waals surface area contributed by atoms with Crippen LogP contribution in [0, 0.1) is 0 Å². The van der Waals surface area contributed by atoms with Gasteiger partial charge in [0, 0.05) is 12.5 Å². The number of aryl methyl sites for hydroxylation is 2. The van der Waals surface area contributed by atoms with Gasteiger partial charge < -0.3 is 4.57 Å². The fraction of sp³-hybridized carbons (Fsp3) is 0.385. The number of hydrogen-bond donors (Lipinski definition) is 0. The van der Waals surface area contributed by atoms with E-state index in [4.69, 9.17) is 0 Å². The molecule has 0 aliphatic heterocycles. The van der Waals surface area contributed by atoms with Gasteiger partial charge in [0.15, 0.2) is 0 Å². The van der Waals surface area contributed by atoms with Crippen molar-refractivity contribution in [2.24, 2.45) is 0 Å². The van der Waals surface area contributed by atoms with Gasteiger partial charge in [0.2, 0.25) is 0 Å². The highest BCUT2D eigenvalue weighted by molar-refractivity contribution is 5.15. The van der Waals surface area contributed by atoms with Gasteiger partial charge in [0.05, 0.1) is 0 Å². The van der Waals surface area contributed by atoms with Gasteiger partial charge in [-0.2, -0.15) is 0 Å². The molecule has 0 spiro atoms. The van der Waals surface area contributed by atoms with Gasteiger partial charge in [-0.05, 0) is 25.8 Å². The Balaban J connectivity index is 2.02. The molecule has 0 atom stereocenters. The third-order valence-corrected chi connectivity index (χ3v) is 2.68. The Morgan fingerprint density at radius 1 is 1.12 bits per heavy atom. The van der Waals surface area contributed by atoms with Crippen LogP contribution in [-0.4, -0.2) is 14.8 Å². The minimum absolute atomic E-state index is 0.431. The summed E-state index contributed by atoms with van der Waals surface area (Å²) < 4.78 is 2.13. The normalized spacial score (nSPS) is 10.9. The van der Waals surface area contributed by atoms with Crippen molar-refractivity contribution in [2.75, 3.05) is 0 Å². The van der Waals surface area contributed by atoms with Gasteiger partial charge in [-0.15, -0.1) is 10.2 Å². The molecule has 3 heteroatoms. The standard InChI is InChI=1S/C13H17N3/c1-11(2)16-10-14-15-13(16)9-8-12-6-4-3-5-7-12/h3-7,10-11H,8-9H2,1-2H3. The van der Waals surface area contributed by atoms with Gasteiger partial charge in [0.1, 0.15) is 12.2 Å². The van der Waals surface area contributed by atoms with Crippen LogP contribution in [0.1, 0.15) is 31.3 Å². The molecule has 0 aliphatic carbocycles. The second kappa shape index (κ2) is 4.92. The van der Waals surface area contributed by atoms with Crippen molar-refractivity contribution in [3.63, 3.8) is 0 Å². The molecule has 3 nitrogen and oxygen atoms in total. The molecule has 0 saturated heterocycles. The molecule has 1 aromatic heterocycles. The Morgan fingerprint density at radius 2 is 1.88 bits per heavy atom. The molecule has 0 N–H and O–H groups in total. The smallest absolute Gasteiger partial charge is 0.133 e. The van der Waals surface area contributed by atoms with Crippen LogP contribution in [0.15, 0.2) is 36.7 Å². The van der Waals surface area contributed by atoms with E-state index in [9.17, 15) is 0 Å². The van der Waals surface area contributed by atoms with E-state index in [0.29, 0.717) is 6.04 Å². The fourth-order valence-electron chi connectivity index (χ4n) is 1.78. The van der Waals surface area contributed by atoms with Crippen LogP contribution in [0.25, 0.3) is 0 Å². The van der Waals surface area contributed by atoms with Gasteiger partial charge in [0.25, 0.3) is 0 Å². The Labute approximate surface area is 96.1 Å². The summed E-state index contributed by atoms with van der Waals surface area (Å²) in [5.41, 5.74) is 1.35. The lowest BCUT2D eigenvalue weighted by molar-refractivity contribution is 0.565. The first-order chi connectivity index (χ1) is 7.77. The monoisotopic (exact) mass is 215 g/mol. The van der Waals surface area contributed by atoms with Crippen molar-refractivity contribution in [3.05, 3.63) is 48.0 Å². The van der Waals surface area contributed by atoms with Crippen molar-refractivity contribution in [1.29, 1.82) is 0 Å². The Bertz CT molecular complexity index is 431. The number of aromatic nitrogens is 3. The molecule has 0 fully saturated rings. The van der Waals surface area contributed by atoms with Crippen LogP contribution in [0.2, 0.25) is 0 Å². The highest BCUT2D eigenvalue weighted by atomic mass is 15.3. The molecule has 0 radical (unpaired) electrons. The Hall–Kier alpha value is -1.64. The van der Waals surface area contributed by atoms with Crippen LogP contribution in [-0.2, 0) is 12.8 Å². The molecule has 0 aliphatic rings. The lowest BCUT2D eigenvalue weighted by Gasteiger charge is -2.09. The molecule has 0 saturated carbocycles. The molecule has 1 aromatic carbocycles. The third-order valence-electron chi connectivity index (χ3n) is 2.68. The first-order valence-electron chi connectivity index (χ1n) is 5.69. The molecule has 0 bridgehead atoms. The zero-order chi connectivity index (χ0) is 11.4. The van der Waals surface area contributed by atoms with Crippen LogP contribution in [0.5, 0.6) is 0 Å². The number of nitrogens with zero attached hydrogens (tertiary/aromatic N) is 3. The van der Waals surface area contributed by atoms with E-state index in [1.165, 1.54) is 5.56 Å². The van der Waals surface area contributed by atoms with Crippen molar-refractivity contribution in [2.45, 2.75) is 32.7 Å². The molecule has 0 amide bonds. The summed E-state index contributed by atoms with van der Waals surface area (Å²) in [4.78, 5) is 0. The summed E-state index contributed by atoms with van der Waals surface area (Å²) >= 11 is 0. The minimum atomic E-state index is 0.431. The average Bonchev–Trinajstić information content (AvgIpc) is 2.76. The quantitative estimate of drug-likeness (QED) is 0.785. The van der Waals surface area contributed by atoms with Crippen molar-refractivity contribution in [3.8, 4) is 0 Å². The average molecular weight is 215 g/mol. The van der Waals surface area contributed by atoms with Gasteiger partial charge in [-0.1, -0.05) is 30.3 Å². The predicted octanol–water partition coefficient (Wildman–Crippen LogP) is 2.64. The van der Waals surface area contributed by atoms with Crippen molar-refractivity contribution in [1.82, 2.24) is 14.8 Å². The second-order valence-corrected chi connectivity index (χ2v) is 4.23. The summed E-state index contributed by atoms with van der Waals surface area (Å²) in [5, 5.41) is 8.13. The first kappa shape index (κ1) is 10.9. The van der Waals surface area contributed by atoms with Crippen molar-refractivity contribution >= 4 is 0 Å². The zero-order valence-electron chi connectivity index (χ0n) is 9.80. The highest BCUT2D eigenvalue weighted by Crippen LogP contribution is 2.09. The van der Waals surface area contributed by atoms with E-state index in [1.54, 1.807) is 0 Å².